The lowest BCUT2D eigenvalue weighted by Crippen LogP contribution is -2.37. The van der Waals surface area contributed by atoms with Crippen molar-refractivity contribution in [3.05, 3.63) is 28.1 Å². The van der Waals surface area contributed by atoms with E-state index < -0.39 is 17.5 Å². The third kappa shape index (κ3) is 4.59. The van der Waals surface area contributed by atoms with Gasteiger partial charge in [-0.3, -0.25) is 14.9 Å². The number of carbonyl (C=O) groups excluding carboxylic acids is 2. The van der Waals surface area contributed by atoms with E-state index >= 15 is 0 Å². The van der Waals surface area contributed by atoms with E-state index in [9.17, 15) is 19.7 Å². The SMILES string of the molecule is CCC(CC)NC(=O)COC(=O)c1cc([N+](=O)[O-])cn1C. The van der Waals surface area contributed by atoms with Crippen molar-refractivity contribution < 1.29 is 19.2 Å². The minimum atomic E-state index is -0.773. The van der Waals surface area contributed by atoms with Crippen LogP contribution in [-0.4, -0.2) is 34.0 Å². The van der Waals surface area contributed by atoms with Crippen molar-refractivity contribution in [1.29, 1.82) is 0 Å². The number of aryl methyl sites for hydroxylation is 1. The highest BCUT2D eigenvalue weighted by Gasteiger charge is 2.19. The van der Waals surface area contributed by atoms with Gasteiger partial charge in [-0.2, -0.15) is 0 Å². The van der Waals surface area contributed by atoms with Gasteiger partial charge in [-0.05, 0) is 12.8 Å². The highest BCUT2D eigenvalue weighted by molar-refractivity contribution is 5.90. The lowest BCUT2D eigenvalue weighted by Gasteiger charge is -2.14. The highest BCUT2D eigenvalue weighted by Crippen LogP contribution is 2.15. The standard InChI is InChI=1S/C13H19N3O5/c1-4-9(5-2)14-12(17)8-21-13(18)11-6-10(16(19)20)7-15(11)3/h6-7,9H,4-5,8H2,1-3H3,(H,14,17). The van der Waals surface area contributed by atoms with E-state index in [4.69, 9.17) is 4.74 Å². The number of nitrogens with zero attached hydrogens (tertiary/aromatic N) is 2. The number of hydrogen-bond donors (Lipinski definition) is 1. The first-order valence-electron chi connectivity index (χ1n) is 6.66. The summed E-state index contributed by atoms with van der Waals surface area (Å²) in [6.07, 6.45) is 2.79. The summed E-state index contributed by atoms with van der Waals surface area (Å²) in [5.74, 6) is -1.16. The number of ether oxygens (including phenoxy) is 1. The number of hydrogen-bond acceptors (Lipinski definition) is 5. The molecule has 0 saturated heterocycles. The zero-order valence-electron chi connectivity index (χ0n) is 12.3. The molecule has 0 aliphatic heterocycles. The maximum atomic E-state index is 11.8. The zero-order valence-corrected chi connectivity index (χ0v) is 12.3. The van der Waals surface area contributed by atoms with Crippen molar-refractivity contribution in [3.8, 4) is 0 Å². The number of esters is 1. The number of amides is 1. The summed E-state index contributed by atoms with van der Waals surface area (Å²) in [6.45, 7) is 3.49. The number of carbonyl (C=O) groups is 2. The van der Waals surface area contributed by atoms with Gasteiger partial charge in [0.25, 0.3) is 11.6 Å². The molecule has 0 bridgehead atoms. The molecule has 21 heavy (non-hydrogen) atoms. The molecule has 0 aliphatic carbocycles. The van der Waals surface area contributed by atoms with Crippen molar-refractivity contribution >= 4 is 17.6 Å². The molecular weight excluding hydrogens is 278 g/mol. The highest BCUT2D eigenvalue weighted by atomic mass is 16.6. The van der Waals surface area contributed by atoms with Gasteiger partial charge in [-0.25, -0.2) is 4.79 Å². The summed E-state index contributed by atoms with van der Waals surface area (Å²) in [5, 5.41) is 13.3. The van der Waals surface area contributed by atoms with Gasteiger partial charge in [0, 0.05) is 19.2 Å². The van der Waals surface area contributed by atoms with E-state index in [1.807, 2.05) is 13.8 Å². The van der Waals surface area contributed by atoms with E-state index in [0.29, 0.717) is 0 Å². The normalized spacial score (nSPS) is 10.5. The summed E-state index contributed by atoms with van der Waals surface area (Å²) in [5.41, 5.74) is -0.178. The molecule has 1 aromatic rings. The molecule has 0 spiro atoms. The van der Waals surface area contributed by atoms with Crippen LogP contribution in [0.5, 0.6) is 0 Å². The molecule has 0 atom stereocenters. The molecule has 1 rings (SSSR count). The van der Waals surface area contributed by atoms with Crippen LogP contribution in [0.3, 0.4) is 0 Å². The second-order valence-electron chi connectivity index (χ2n) is 4.61. The molecule has 116 valence electrons. The van der Waals surface area contributed by atoms with Gasteiger partial charge in [0.2, 0.25) is 0 Å². The maximum Gasteiger partial charge on any atom is 0.355 e. The Kier molecular flexibility index (Phi) is 5.89. The Bertz CT molecular complexity index is 534. The van der Waals surface area contributed by atoms with E-state index in [-0.39, 0.29) is 23.3 Å². The molecule has 1 N–H and O–H groups in total. The molecule has 0 unspecified atom stereocenters. The van der Waals surface area contributed by atoms with Crippen LogP contribution < -0.4 is 5.32 Å². The maximum absolute atomic E-state index is 11.8. The van der Waals surface area contributed by atoms with E-state index in [0.717, 1.165) is 18.9 Å². The Morgan fingerprint density at radius 3 is 2.52 bits per heavy atom. The van der Waals surface area contributed by atoms with Crippen molar-refractivity contribution in [2.75, 3.05) is 6.61 Å². The first-order valence-corrected chi connectivity index (χ1v) is 6.66. The van der Waals surface area contributed by atoms with Gasteiger partial charge in [0.15, 0.2) is 6.61 Å². The van der Waals surface area contributed by atoms with Crippen LogP contribution in [0.1, 0.15) is 37.2 Å². The second kappa shape index (κ2) is 7.41. The molecule has 0 aliphatic rings. The van der Waals surface area contributed by atoms with Crippen LogP contribution in [0.15, 0.2) is 12.3 Å². The molecule has 0 radical (unpaired) electrons. The minimum Gasteiger partial charge on any atom is -0.451 e. The lowest BCUT2D eigenvalue weighted by atomic mass is 10.2. The van der Waals surface area contributed by atoms with Crippen molar-refractivity contribution in [3.63, 3.8) is 0 Å². The van der Waals surface area contributed by atoms with Crippen molar-refractivity contribution in [1.82, 2.24) is 9.88 Å². The van der Waals surface area contributed by atoms with Crippen LogP contribution in [0.2, 0.25) is 0 Å². The fourth-order valence-corrected chi connectivity index (χ4v) is 1.82. The average molecular weight is 297 g/mol. The van der Waals surface area contributed by atoms with Gasteiger partial charge in [-0.15, -0.1) is 0 Å². The zero-order chi connectivity index (χ0) is 16.0. The van der Waals surface area contributed by atoms with Crippen molar-refractivity contribution in [2.45, 2.75) is 32.7 Å². The number of nitrogens with one attached hydrogen (secondary N) is 1. The van der Waals surface area contributed by atoms with Crippen LogP contribution in [0.4, 0.5) is 5.69 Å². The Morgan fingerprint density at radius 2 is 2.05 bits per heavy atom. The third-order valence-electron chi connectivity index (χ3n) is 3.10. The summed E-state index contributed by atoms with van der Waals surface area (Å²) < 4.78 is 6.15. The lowest BCUT2D eigenvalue weighted by molar-refractivity contribution is -0.384. The fourth-order valence-electron chi connectivity index (χ4n) is 1.82. The van der Waals surface area contributed by atoms with E-state index in [1.165, 1.54) is 17.8 Å². The first-order chi connectivity index (χ1) is 9.88. The average Bonchev–Trinajstić information content (AvgIpc) is 2.84. The summed E-state index contributed by atoms with van der Waals surface area (Å²) in [7, 11) is 1.49. The number of nitro groups is 1. The van der Waals surface area contributed by atoms with Crippen LogP contribution in [0, 0.1) is 10.1 Å². The minimum absolute atomic E-state index is 0.0250. The van der Waals surface area contributed by atoms with Gasteiger partial charge < -0.3 is 14.6 Å². The van der Waals surface area contributed by atoms with Crippen LogP contribution in [-0.2, 0) is 16.6 Å². The Morgan fingerprint density at radius 1 is 1.43 bits per heavy atom. The fraction of sp³-hybridized carbons (Fsp3) is 0.538. The molecular formula is C13H19N3O5. The molecule has 8 nitrogen and oxygen atoms in total. The molecule has 1 aromatic heterocycles. The van der Waals surface area contributed by atoms with Gasteiger partial charge in [0.05, 0.1) is 11.1 Å². The molecule has 8 heteroatoms. The topological polar surface area (TPSA) is 103 Å². The smallest absolute Gasteiger partial charge is 0.355 e. The molecule has 0 saturated carbocycles. The molecule has 1 heterocycles. The predicted octanol–water partition coefficient (Wildman–Crippen LogP) is 1.39. The molecule has 0 fully saturated rings. The number of aromatic nitrogens is 1. The van der Waals surface area contributed by atoms with E-state index in [1.54, 1.807) is 0 Å². The molecule has 1 amide bonds. The Hall–Kier alpha value is -2.38. The largest absolute Gasteiger partial charge is 0.451 e. The predicted molar refractivity (Wildman–Crippen MR) is 74.9 cm³/mol. The quantitative estimate of drug-likeness (QED) is 0.465. The summed E-state index contributed by atoms with van der Waals surface area (Å²) in [6, 6.07) is 1.16. The van der Waals surface area contributed by atoms with Gasteiger partial charge >= 0.3 is 5.97 Å². The number of rotatable bonds is 7. The summed E-state index contributed by atoms with van der Waals surface area (Å²) >= 11 is 0. The molecule has 0 aromatic carbocycles. The first kappa shape index (κ1) is 16.7. The van der Waals surface area contributed by atoms with Crippen LogP contribution >= 0.6 is 0 Å². The van der Waals surface area contributed by atoms with Gasteiger partial charge in [0.1, 0.15) is 5.69 Å². The van der Waals surface area contributed by atoms with Crippen molar-refractivity contribution in [2.24, 2.45) is 7.05 Å². The van der Waals surface area contributed by atoms with Gasteiger partial charge in [-0.1, -0.05) is 13.8 Å². The Balaban J connectivity index is 2.58. The monoisotopic (exact) mass is 297 g/mol. The third-order valence-corrected chi connectivity index (χ3v) is 3.10. The Labute approximate surface area is 122 Å². The van der Waals surface area contributed by atoms with Crippen LogP contribution in [0.25, 0.3) is 0 Å². The van der Waals surface area contributed by atoms with E-state index in [2.05, 4.69) is 5.32 Å². The second-order valence-corrected chi connectivity index (χ2v) is 4.61. The summed E-state index contributed by atoms with van der Waals surface area (Å²) in [4.78, 5) is 33.4.